The maximum absolute atomic E-state index is 12.4. The van der Waals surface area contributed by atoms with Crippen LogP contribution in [0.15, 0.2) is 30.3 Å². The summed E-state index contributed by atoms with van der Waals surface area (Å²) in [7, 11) is 0. The van der Waals surface area contributed by atoms with Gasteiger partial charge in [-0.15, -0.1) is 0 Å². The average molecular weight is 367 g/mol. The van der Waals surface area contributed by atoms with E-state index in [9.17, 15) is 4.79 Å². The highest BCUT2D eigenvalue weighted by Crippen LogP contribution is 2.23. The van der Waals surface area contributed by atoms with Crippen LogP contribution in [0.3, 0.4) is 0 Å². The van der Waals surface area contributed by atoms with Gasteiger partial charge < -0.3 is 15.5 Å². The number of carbonyl (C=O) groups excluding carboxylic acids is 1. The van der Waals surface area contributed by atoms with E-state index in [1.807, 2.05) is 32.0 Å². The molecule has 1 aromatic heterocycles. The van der Waals surface area contributed by atoms with E-state index in [2.05, 4.69) is 44.6 Å². The van der Waals surface area contributed by atoms with Gasteiger partial charge in [-0.3, -0.25) is 4.79 Å². The molecule has 0 bridgehead atoms. The molecule has 27 heavy (non-hydrogen) atoms. The van der Waals surface area contributed by atoms with E-state index in [1.165, 1.54) is 18.5 Å². The van der Waals surface area contributed by atoms with Gasteiger partial charge in [0.25, 0.3) is 0 Å². The predicted octanol–water partition coefficient (Wildman–Crippen LogP) is 3.78. The van der Waals surface area contributed by atoms with Crippen molar-refractivity contribution in [2.75, 3.05) is 28.6 Å². The monoisotopic (exact) mass is 367 g/mol. The molecule has 2 aromatic rings. The number of benzene rings is 1. The first-order chi connectivity index (χ1) is 13.0. The smallest absolute Gasteiger partial charge is 0.226 e. The summed E-state index contributed by atoms with van der Waals surface area (Å²) in [5.74, 6) is 1.51. The van der Waals surface area contributed by atoms with Gasteiger partial charge in [0.15, 0.2) is 0 Å². The number of carbonyl (C=O) groups is 1. The minimum absolute atomic E-state index is 0.00457. The highest BCUT2D eigenvalue weighted by molar-refractivity contribution is 5.91. The van der Waals surface area contributed by atoms with Crippen molar-refractivity contribution in [3.8, 4) is 0 Å². The summed E-state index contributed by atoms with van der Waals surface area (Å²) in [6.45, 7) is 8.13. The minimum Gasteiger partial charge on any atom is -0.371 e. The van der Waals surface area contributed by atoms with Crippen LogP contribution < -0.4 is 15.5 Å². The Bertz CT molecular complexity index is 786. The molecule has 1 amide bonds. The topological polar surface area (TPSA) is 70.2 Å². The number of aromatic nitrogens is 2. The van der Waals surface area contributed by atoms with Crippen molar-refractivity contribution >= 4 is 23.1 Å². The van der Waals surface area contributed by atoms with Gasteiger partial charge in [0.05, 0.1) is 0 Å². The molecule has 0 saturated carbocycles. The van der Waals surface area contributed by atoms with E-state index >= 15 is 0 Å². The Morgan fingerprint density at radius 1 is 1.22 bits per heavy atom. The fraction of sp³-hybridized carbons (Fsp3) is 0.476. The van der Waals surface area contributed by atoms with Crippen LogP contribution in [0.1, 0.15) is 44.6 Å². The lowest BCUT2D eigenvalue weighted by Crippen LogP contribution is -2.24. The number of nitrogens with zero attached hydrogens (tertiary/aromatic N) is 3. The Hall–Kier alpha value is -2.63. The number of hydrogen-bond acceptors (Lipinski definition) is 5. The summed E-state index contributed by atoms with van der Waals surface area (Å²) in [6.07, 6.45) is 3.71. The molecule has 1 aliphatic heterocycles. The molecule has 2 N–H and O–H groups in total. The Morgan fingerprint density at radius 2 is 2.00 bits per heavy atom. The van der Waals surface area contributed by atoms with E-state index in [0.717, 1.165) is 42.5 Å². The van der Waals surface area contributed by atoms with Crippen LogP contribution in [-0.4, -0.2) is 35.0 Å². The Kier molecular flexibility index (Phi) is 6.27. The summed E-state index contributed by atoms with van der Waals surface area (Å²) in [6, 6.07) is 10.0. The van der Waals surface area contributed by atoms with Gasteiger partial charge >= 0.3 is 0 Å². The first-order valence-electron chi connectivity index (χ1n) is 9.79. The molecule has 0 aliphatic carbocycles. The predicted molar refractivity (Wildman–Crippen MR) is 110 cm³/mol. The number of anilines is 3. The summed E-state index contributed by atoms with van der Waals surface area (Å²) in [4.78, 5) is 23.6. The largest absolute Gasteiger partial charge is 0.371 e. The Morgan fingerprint density at radius 3 is 2.74 bits per heavy atom. The van der Waals surface area contributed by atoms with Crippen molar-refractivity contribution in [3.05, 3.63) is 41.9 Å². The van der Waals surface area contributed by atoms with Crippen molar-refractivity contribution in [3.63, 3.8) is 0 Å². The molecule has 1 atom stereocenters. The lowest BCUT2D eigenvalue weighted by molar-refractivity contribution is -0.116. The number of rotatable bonds is 7. The van der Waals surface area contributed by atoms with Crippen LogP contribution in [-0.2, 0) is 11.2 Å². The Labute approximate surface area is 161 Å². The van der Waals surface area contributed by atoms with Crippen LogP contribution in [0, 0.1) is 6.92 Å². The zero-order valence-electron chi connectivity index (χ0n) is 16.5. The standard InChI is InChI=1S/C21H29N5O/c1-4-17-14-20(24-16(3)23-17)22-15(2)12-21(27)25-18-8-7-9-19(13-18)26-10-5-6-11-26/h7-9,13-15H,4-6,10-12H2,1-3H3,(H,25,27)(H,22,23,24). The number of nitrogens with one attached hydrogen (secondary N) is 2. The molecule has 144 valence electrons. The van der Waals surface area contributed by atoms with Crippen LogP contribution in [0.25, 0.3) is 0 Å². The molecular formula is C21H29N5O. The molecule has 6 heteroatoms. The molecule has 1 fully saturated rings. The average Bonchev–Trinajstić information content (AvgIpc) is 3.15. The van der Waals surface area contributed by atoms with Gasteiger partial charge in [-0.25, -0.2) is 9.97 Å². The van der Waals surface area contributed by atoms with Crippen molar-refractivity contribution in [2.24, 2.45) is 0 Å². The maximum atomic E-state index is 12.4. The molecule has 6 nitrogen and oxygen atoms in total. The minimum atomic E-state index is -0.0224. The quantitative estimate of drug-likeness (QED) is 0.779. The molecule has 0 radical (unpaired) electrons. The van der Waals surface area contributed by atoms with Crippen molar-refractivity contribution in [1.82, 2.24) is 9.97 Å². The van der Waals surface area contributed by atoms with Crippen molar-refractivity contribution < 1.29 is 4.79 Å². The fourth-order valence-corrected chi connectivity index (χ4v) is 3.43. The molecule has 2 heterocycles. The third-order valence-electron chi connectivity index (χ3n) is 4.74. The lowest BCUT2D eigenvalue weighted by Gasteiger charge is -2.19. The van der Waals surface area contributed by atoms with Crippen LogP contribution in [0.5, 0.6) is 0 Å². The third-order valence-corrected chi connectivity index (χ3v) is 4.74. The third kappa shape index (κ3) is 5.42. The summed E-state index contributed by atoms with van der Waals surface area (Å²) in [5, 5.41) is 6.33. The highest BCUT2D eigenvalue weighted by Gasteiger charge is 2.14. The van der Waals surface area contributed by atoms with E-state index in [-0.39, 0.29) is 11.9 Å². The van der Waals surface area contributed by atoms with Gasteiger partial charge in [0, 0.05) is 48.7 Å². The number of hydrogen-bond donors (Lipinski definition) is 2. The second-order valence-electron chi connectivity index (χ2n) is 7.19. The van der Waals surface area contributed by atoms with Gasteiger partial charge in [-0.05, 0) is 51.3 Å². The second kappa shape index (κ2) is 8.84. The highest BCUT2D eigenvalue weighted by atomic mass is 16.1. The summed E-state index contributed by atoms with van der Waals surface area (Å²) in [5.41, 5.74) is 3.03. The van der Waals surface area contributed by atoms with E-state index in [4.69, 9.17) is 0 Å². The van der Waals surface area contributed by atoms with Crippen molar-refractivity contribution in [1.29, 1.82) is 0 Å². The molecule has 1 unspecified atom stereocenters. The SMILES string of the molecule is CCc1cc(NC(C)CC(=O)Nc2cccc(N3CCCC3)c2)nc(C)n1. The first kappa shape index (κ1) is 19.1. The fourth-order valence-electron chi connectivity index (χ4n) is 3.43. The zero-order chi connectivity index (χ0) is 19.2. The zero-order valence-corrected chi connectivity index (χ0v) is 16.5. The van der Waals surface area contributed by atoms with Gasteiger partial charge in [0.2, 0.25) is 5.91 Å². The van der Waals surface area contributed by atoms with Crippen LogP contribution in [0.2, 0.25) is 0 Å². The lowest BCUT2D eigenvalue weighted by atomic mass is 10.2. The molecule has 1 saturated heterocycles. The van der Waals surface area contributed by atoms with Crippen LogP contribution >= 0.6 is 0 Å². The van der Waals surface area contributed by atoms with E-state index in [1.54, 1.807) is 0 Å². The molecule has 1 aliphatic rings. The number of amides is 1. The van der Waals surface area contributed by atoms with Crippen molar-refractivity contribution in [2.45, 2.75) is 52.5 Å². The molecule has 1 aromatic carbocycles. The van der Waals surface area contributed by atoms with E-state index in [0.29, 0.717) is 6.42 Å². The van der Waals surface area contributed by atoms with Gasteiger partial charge in [-0.2, -0.15) is 0 Å². The normalized spacial score (nSPS) is 14.9. The summed E-state index contributed by atoms with van der Waals surface area (Å²) < 4.78 is 0. The Balaban J connectivity index is 1.56. The maximum Gasteiger partial charge on any atom is 0.226 e. The number of aryl methyl sites for hydroxylation is 2. The summed E-state index contributed by atoms with van der Waals surface area (Å²) >= 11 is 0. The van der Waals surface area contributed by atoms with Gasteiger partial charge in [0.1, 0.15) is 11.6 Å². The van der Waals surface area contributed by atoms with Crippen LogP contribution in [0.4, 0.5) is 17.2 Å². The molecular weight excluding hydrogens is 338 g/mol. The molecule has 0 spiro atoms. The van der Waals surface area contributed by atoms with E-state index < -0.39 is 0 Å². The molecule has 3 rings (SSSR count). The van der Waals surface area contributed by atoms with Gasteiger partial charge in [-0.1, -0.05) is 13.0 Å². The first-order valence-corrected chi connectivity index (χ1v) is 9.79. The second-order valence-corrected chi connectivity index (χ2v) is 7.19.